The van der Waals surface area contributed by atoms with Crippen LogP contribution in [0, 0.1) is 13.8 Å². The Hall–Kier alpha value is -3.34. The first-order valence-electron chi connectivity index (χ1n) is 12.3. The van der Waals surface area contributed by atoms with Crippen LogP contribution in [0.3, 0.4) is 0 Å². The Kier molecular flexibility index (Phi) is 6.27. The Labute approximate surface area is 201 Å². The number of anilines is 1. The molecule has 1 fully saturated rings. The summed E-state index contributed by atoms with van der Waals surface area (Å²) in [5, 5.41) is 3.25. The van der Waals surface area contributed by atoms with E-state index in [-0.39, 0.29) is 24.2 Å². The van der Waals surface area contributed by atoms with E-state index in [1.54, 1.807) is 0 Å². The standard InChI is InChI=1S/C29H32N2O3/c1-19-6-11-23(25(16-19)31-14-4-3-5-15-31)29(27-13-7-20(2)34-27)30-28(33)18-21-8-9-22-10-12-26(32)24(22)17-21/h6-9,11,13,16-17,29H,3-5,10,12,14-15,18H2,1-2H3,(H,30,33). The molecule has 3 aromatic rings. The first-order valence-corrected chi connectivity index (χ1v) is 12.3. The fourth-order valence-corrected chi connectivity index (χ4v) is 5.21. The van der Waals surface area contributed by atoms with Crippen LogP contribution in [-0.2, 0) is 17.6 Å². The average molecular weight is 457 g/mol. The van der Waals surface area contributed by atoms with Gasteiger partial charge in [0, 0.05) is 36.3 Å². The van der Waals surface area contributed by atoms with Gasteiger partial charge in [0.25, 0.3) is 0 Å². The number of nitrogens with one attached hydrogen (secondary N) is 1. The molecule has 1 atom stereocenters. The van der Waals surface area contributed by atoms with Crippen LogP contribution in [0.4, 0.5) is 5.69 Å². The zero-order valence-electron chi connectivity index (χ0n) is 20.0. The summed E-state index contributed by atoms with van der Waals surface area (Å²) in [6.07, 6.45) is 5.22. The van der Waals surface area contributed by atoms with E-state index in [1.807, 2.05) is 37.3 Å². The Bertz CT molecular complexity index is 1220. The molecule has 1 aliphatic carbocycles. The summed E-state index contributed by atoms with van der Waals surface area (Å²) in [7, 11) is 0. The molecule has 1 N–H and O–H groups in total. The van der Waals surface area contributed by atoms with E-state index in [0.29, 0.717) is 6.42 Å². The van der Waals surface area contributed by atoms with Crippen molar-refractivity contribution in [3.05, 3.63) is 87.9 Å². The number of furan rings is 1. The molecule has 0 spiro atoms. The van der Waals surface area contributed by atoms with Gasteiger partial charge in [-0.1, -0.05) is 24.3 Å². The number of piperidine rings is 1. The maximum atomic E-state index is 13.3. The second-order valence-electron chi connectivity index (χ2n) is 9.65. The highest BCUT2D eigenvalue weighted by molar-refractivity contribution is 6.00. The van der Waals surface area contributed by atoms with Gasteiger partial charge in [-0.05, 0) is 80.5 Å². The van der Waals surface area contributed by atoms with Crippen molar-refractivity contribution in [3.63, 3.8) is 0 Å². The minimum absolute atomic E-state index is 0.0883. The molecule has 1 aliphatic heterocycles. The normalized spacial score (nSPS) is 16.4. The van der Waals surface area contributed by atoms with Crippen molar-refractivity contribution < 1.29 is 14.0 Å². The van der Waals surface area contributed by atoms with Gasteiger partial charge in [-0.3, -0.25) is 9.59 Å². The van der Waals surface area contributed by atoms with Crippen molar-refractivity contribution in [2.75, 3.05) is 18.0 Å². The quantitative estimate of drug-likeness (QED) is 0.535. The van der Waals surface area contributed by atoms with Gasteiger partial charge in [0.15, 0.2) is 5.78 Å². The Morgan fingerprint density at radius 3 is 2.59 bits per heavy atom. The second kappa shape index (κ2) is 9.49. The van der Waals surface area contributed by atoms with Crippen molar-refractivity contribution in [2.24, 2.45) is 0 Å². The lowest BCUT2D eigenvalue weighted by Gasteiger charge is -2.32. The number of amides is 1. The molecule has 5 heteroatoms. The van der Waals surface area contributed by atoms with Gasteiger partial charge < -0.3 is 14.6 Å². The van der Waals surface area contributed by atoms with Crippen LogP contribution in [0.5, 0.6) is 0 Å². The van der Waals surface area contributed by atoms with Crippen LogP contribution in [0.25, 0.3) is 0 Å². The molecule has 5 nitrogen and oxygen atoms in total. The summed E-state index contributed by atoms with van der Waals surface area (Å²) in [6.45, 7) is 6.08. The number of hydrogen-bond donors (Lipinski definition) is 1. The topological polar surface area (TPSA) is 62.6 Å². The fraction of sp³-hybridized carbons (Fsp3) is 0.379. The third-order valence-electron chi connectivity index (χ3n) is 7.01. The molecule has 1 unspecified atom stereocenters. The smallest absolute Gasteiger partial charge is 0.225 e. The van der Waals surface area contributed by atoms with Crippen LogP contribution < -0.4 is 10.2 Å². The van der Waals surface area contributed by atoms with Crippen LogP contribution in [0.15, 0.2) is 52.9 Å². The third-order valence-corrected chi connectivity index (χ3v) is 7.01. The first-order chi connectivity index (χ1) is 16.5. The van der Waals surface area contributed by atoms with E-state index >= 15 is 0 Å². The van der Waals surface area contributed by atoms with E-state index in [4.69, 9.17) is 4.42 Å². The molecular formula is C29H32N2O3. The fourth-order valence-electron chi connectivity index (χ4n) is 5.21. The first kappa shape index (κ1) is 22.5. The average Bonchev–Trinajstić information content (AvgIpc) is 3.44. The Morgan fingerprint density at radius 2 is 1.82 bits per heavy atom. The number of carbonyl (C=O) groups excluding carboxylic acids is 2. The van der Waals surface area contributed by atoms with Gasteiger partial charge in [0.05, 0.1) is 6.42 Å². The molecule has 0 saturated carbocycles. The van der Waals surface area contributed by atoms with Crippen molar-refractivity contribution in [3.8, 4) is 0 Å². The molecule has 0 bridgehead atoms. The molecule has 2 heterocycles. The van der Waals surface area contributed by atoms with E-state index in [0.717, 1.165) is 53.3 Å². The van der Waals surface area contributed by atoms with Gasteiger partial charge in [-0.15, -0.1) is 0 Å². The summed E-state index contributed by atoms with van der Waals surface area (Å²) in [4.78, 5) is 27.8. The van der Waals surface area contributed by atoms with E-state index < -0.39 is 0 Å². The number of aryl methyl sites for hydroxylation is 3. The Morgan fingerprint density at radius 1 is 1.00 bits per heavy atom. The van der Waals surface area contributed by atoms with Gasteiger partial charge in [0.1, 0.15) is 17.6 Å². The summed E-state index contributed by atoms with van der Waals surface area (Å²) in [5.41, 5.74) is 6.15. The molecule has 5 rings (SSSR count). The number of benzene rings is 2. The van der Waals surface area contributed by atoms with Crippen LogP contribution in [-0.4, -0.2) is 24.8 Å². The van der Waals surface area contributed by atoms with E-state index in [2.05, 4.69) is 35.3 Å². The van der Waals surface area contributed by atoms with Crippen molar-refractivity contribution in [1.82, 2.24) is 5.32 Å². The van der Waals surface area contributed by atoms with E-state index in [1.165, 1.54) is 30.5 Å². The van der Waals surface area contributed by atoms with Crippen molar-refractivity contribution in [1.29, 1.82) is 0 Å². The zero-order chi connectivity index (χ0) is 23.7. The zero-order valence-corrected chi connectivity index (χ0v) is 20.0. The monoisotopic (exact) mass is 456 g/mol. The largest absolute Gasteiger partial charge is 0.464 e. The SMILES string of the molecule is Cc1ccc(C(NC(=O)Cc2ccc3c(c2)C(=O)CC3)c2ccc(C)o2)c(N2CCCCC2)c1. The molecule has 2 aromatic carbocycles. The predicted molar refractivity (Wildman–Crippen MR) is 133 cm³/mol. The lowest BCUT2D eigenvalue weighted by atomic mass is 9.97. The van der Waals surface area contributed by atoms with Gasteiger partial charge in [-0.25, -0.2) is 0 Å². The van der Waals surface area contributed by atoms with Gasteiger partial charge in [0.2, 0.25) is 5.91 Å². The third kappa shape index (κ3) is 4.65. The second-order valence-corrected chi connectivity index (χ2v) is 9.65. The molecule has 1 aromatic heterocycles. The number of Topliss-reactive ketones (excluding diaryl/α,β-unsaturated/α-hetero) is 1. The molecule has 1 saturated heterocycles. The maximum Gasteiger partial charge on any atom is 0.225 e. The van der Waals surface area contributed by atoms with Crippen molar-refractivity contribution in [2.45, 2.75) is 58.4 Å². The summed E-state index contributed by atoms with van der Waals surface area (Å²) in [5.74, 6) is 1.64. The lowest BCUT2D eigenvalue weighted by Crippen LogP contribution is -2.34. The summed E-state index contributed by atoms with van der Waals surface area (Å²) < 4.78 is 6.02. The van der Waals surface area contributed by atoms with Gasteiger partial charge >= 0.3 is 0 Å². The van der Waals surface area contributed by atoms with Crippen LogP contribution >= 0.6 is 0 Å². The molecule has 2 aliphatic rings. The number of ketones is 1. The maximum absolute atomic E-state index is 13.3. The molecule has 1 amide bonds. The predicted octanol–water partition coefficient (Wildman–Crippen LogP) is 5.46. The minimum Gasteiger partial charge on any atom is -0.464 e. The summed E-state index contributed by atoms with van der Waals surface area (Å²) in [6, 6.07) is 15.8. The number of rotatable bonds is 6. The molecular weight excluding hydrogens is 424 g/mol. The van der Waals surface area contributed by atoms with Gasteiger partial charge in [-0.2, -0.15) is 0 Å². The number of fused-ring (bicyclic) bond motifs is 1. The molecule has 34 heavy (non-hydrogen) atoms. The van der Waals surface area contributed by atoms with Crippen molar-refractivity contribution >= 4 is 17.4 Å². The van der Waals surface area contributed by atoms with Crippen LogP contribution in [0.2, 0.25) is 0 Å². The highest BCUT2D eigenvalue weighted by Crippen LogP contribution is 2.34. The number of carbonyl (C=O) groups is 2. The molecule has 0 radical (unpaired) electrons. The van der Waals surface area contributed by atoms with E-state index in [9.17, 15) is 9.59 Å². The minimum atomic E-state index is -0.380. The Balaban J connectivity index is 1.44. The highest BCUT2D eigenvalue weighted by atomic mass is 16.3. The number of hydrogen-bond acceptors (Lipinski definition) is 4. The molecule has 176 valence electrons. The van der Waals surface area contributed by atoms with Crippen LogP contribution in [0.1, 0.15) is 75.9 Å². The lowest BCUT2D eigenvalue weighted by molar-refractivity contribution is -0.121. The summed E-state index contributed by atoms with van der Waals surface area (Å²) >= 11 is 0. The number of nitrogens with zero attached hydrogens (tertiary/aromatic N) is 1. The highest BCUT2D eigenvalue weighted by Gasteiger charge is 2.26.